The van der Waals surface area contributed by atoms with E-state index in [1.165, 1.54) is 12.1 Å². The summed E-state index contributed by atoms with van der Waals surface area (Å²) in [5, 5.41) is 10.9. The van der Waals surface area contributed by atoms with Crippen molar-refractivity contribution in [2.45, 2.75) is 6.36 Å². The number of hydrogen-bond donors (Lipinski definition) is 0. The summed E-state index contributed by atoms with van der Waals surface area (Å²) in [6, 6.07) is 5.09. The minimum Gasteiger partial charge on any atom is -0.405 e. The first kappa shape index (κ1) is 17.7. The van der Waals surface area contributed by atoms with E-state index >= 15 is 0 Å². The van der Waals surface area contributed by atoms with Gasteiger partial charge in [-0.05, 0) is 18.2 Å². The van der Waals surface area contributed by atoms with Gasteiger partial charge < -0.3 is 4.74 Å². The first-order valence-corrected chi connectivity index (χ1v) is 6.91. The van der Waals surface area contributed by atoms with Crippen LogP contribution in [-0.4, -0.2) is 11.3 Å². The Morgan fingerprint density at radius 1 is 1.04 bits per heavy atom. The van der Waals surface area contributed by atoms with Crippen LogP contribution in [0, 0.1) is 10.1 Å². The Morgan fingerprint density at radius 2 is 1.61 bits per heavy atom. The highest BCUT2D eigenvalue weighted by Crippen LogP contribution is 2.44. The first-order valence-electron chi connectivity index (χ1n) is 5.77. The number of nitro groups is 1. The zero-order chi connectivity index (χ0) is 17.4. The maximum atomic E-state index is 12.5. The number of ether oxygens (including phenoxy) is 1. The van der Waals surface area contributed by atoms with Gasteiger partial charge in [-0.2, -0.15) is 0 Å². The number of alkyl halides is 3. The lowest BCUT2D eigenvalue weighted by Crippen LogP contribution is -2.17. The first-order chi connectivity index (χ1) is 10.6. The fourth-order valence-electron chi connectivity index (χ4n) is 1.84. The van der Waals surface area contributed by atoms with Crippen molar-refractivity contribution in [3.05, 3.63) is 55.5 Å². The Hall–Kier alpha value is -1.70. The molecule has 0 saturated carbocycles. The number of non-ortho nitro benzene ring substituents is 1. The molecule has 0 aliphatic heterocycles. The van der Waals surface area contributed by atoms with E-state index < -0.39 is 22.7 Å². The van der Waals surface area contributed by atoms with Crippen molar-refractivity contribution >= 4 is 40.5 Å². The third-order valence-electron chi connectivity index (χ3n) is 2.68. The second kappa shape index (κ2) is 6.43. The number of halogens is 6. The van der Waals surface area contributed by atoms with Gasteiger partial charge in [-0.25, -0.2) is 0 Å². The van der Waals surface area contributed by atoms with E-state index in [0.717, 1.165) is 18.2 Å². The lowest BCUT2D eigenvalue weighted by molar-refractivity contribution is -0.384. The van der Waals surface area contributed by atoms with Gasteiger partial charge in [-0.1, -0.05) is 34.8 Å². The molecule has 0 amide bonds. The molecule has 23 heavy (non-hydrogen) atoms. The van der Waals surface area contributed by atoms with Crippen molar-refractivity contribution in [1.82, 2.24) is 0 Å². The smallest absolute Gasteiger partial charge is 0.405 e. The van der Waals surface area contributed by atoms with Crippen LogP contribution in [0.2, 0.25) is 15.1 Å². The molecular formula is C13H5Cl3F3NO3. The molecule has 0 saturated heterocycles. The summed E-state index contributed by atoms with van der Waals surface area (Å²) in [6.45, 7) is 0. The molecular weight excluding hydrogens is 382 g/mol. The molecule has 0 spiro atoms. The van der Waals surface area contributed by atoms with E-state index in [2.05, 4.69) is 4.74 Å². The van der Waals surface area contributed by atoms with Gasteiger partial charge in [0, 0.05) is 28.3 Å². The zero-order valence-electron chi connectivity index (χ0n) is 10.8. The summed E-state index contributed by atoms with van der Waals surface area (Å²) in [6.07, 6.45) is -4.99. The molecule has 0 bridgehead atoms. The van der Waals surface area contributed by atoms with Gasteiger partial charge >= 0.3 is 6.36 Å². The van der Waals surface area contributed by atoms with E-state index in [-0.39, 0.29) is 26.2 Å². The zero-order valence-corrected chi connectivity index (χ0v) is 13.1. The Labute approximate surface area is 142 Å². The van der Waals surface area contributed by atoms with Gasteiger partial charge in [-0.3, -0.25) is 10.1 Å². The summed E-state index contributed by atoms with van der Waals surface area (Å²) >= 11 is 17.7. The Kier molecular flexibility index (Phi) is 4.93. The van der Waals surface area contributed by atoms with Gasteiger partial charge in [0.1, 0.15) is 5.75 Å². The molecule has 0 aliphatic rings. The van der Waals surface area contributed by atoms with E-state index in [1.54, 1.807) is 0 Å². The normalized spacial score (nSPS) is 11.4. The number of rotatable bonds is 3. The molecule has 0 atom stereocenters. The highest BCUT2D eigenvalue weighted by molar-refractivity contribution is 6.42. The van der Waals surface area contributed by atoms with Gasteiger partial charge in [0.25, 0.3) is 5.69 Å². The molecule has 2 aromatic carbocycles. The number of hydrogen-bond acceptors (Lipinski definition) is 3. The standard InChI is InChI=1S/C13H5Cl3F3NO3/c14-6-3-9(15)12(10(16)4-6)8-5-7(20(21)22)1-2-11(8)23-13(17,18)19/h1-5H. The molecule has 4 nitrogen and oxygen atoms in total. The Morgan fingerprint density at radius 3 is 2.09 bits per heavy atom. The molecule has 10 heteroatoms. The third kappa shape index (κ3) is 4.19. The maximum absolute atomic E-state index is 12.5. The number of nitro benzene ring substituents is 1. The van der Waals surface area contributed by atoms with Crippen LogP contribution in [0.15, 0.2) is 30.3 Å². The van der Waals surface area contributed by atoms with Crippen molar-refractivity contribution in [2.24, 2.45) is 0 Å². The Balaban J connectivity index is 2.72. The van der Waals surface area contributed by atoms with Crippen LogP contribution in [0.4, 0.5) is 18.9 Å². The summed E-state index contributed by atoms with van der Waals surface area (Å²) in [4.78, 5) is 10.1. The van der Waals surface area contributed by atoms with Crippen molar-refractivity contribution in [3.63, 3.8) is 0 Å². The molecule has 0 aromatic heterocycles. The molecule has 0 unspecified atom stereocenters. The molecule has 0 heterocycles. The molecule has 0 aliphatic carbocycles. The average Bonchev–Trinajstić information content (AvgIpc) is 2.37. The van der Waals surface area contributed by atoms with Crippen LogP contribution in [0.25, 0.3) is 11.1 Å². The quantitative estimate of drug-likeness (QED) is 0.471. The van der Waals surface area contributed by atoms with E-state index in [0.29, 0.717) is 0 Å². The lowest BCUT2D eigenvalue weighted by Gasteiger charge is -2.15. The number of nitrogens with zero attached hydrogens (tertiary/aromatic N) is 1. The predicted molar refractivity (Wildman–Crippen MR) is 80.2 cm³/mol. The summed E-state index contributed by atoms with van der Waals surface area (Å²) in [5.74, 6) is -0.672. The fraction of sp³-hybridized carbons (Fsp3) is 0.0769. The minimum atomic E-state index is -4.99. The molecule has 2 aromatic rings. The van der Waals surface area contributed by atoms with Gasteiger partial charge in [0.15, 0.2) is 0 Å². The van der Waals surface area contributed by atoms with Gasteiger partial charge in [0.2, 0.25) is 0 Å². The van der Waals surface area contributed by atoms with Crippen LogP contribution >= 0.6 is 34.8 Å². The topological polar surface area (TPSA) is 52.4 Å². The van der Waals surface area contributed by atoms with Crippen LogP contribution in [0.1, 0.15) is 0 Å². The van der Waals surface area contributed by atoms with Gasteiger partial charge in [0.05, 0.1) is 15.0 Å². The van der Waals surface area contributed by atoms with E-state index in [4.69, 9.17) is 34.8 Å². The SMILES string of the molecule is O=[N+]([O-])c1ccc(OC(F)(F)F)c(-c2c(Cl)cc(Cl)cc2Cl)c1. The second-order valence-corrected chi connectivity index (χ2v) is 5.48. The third-order valence-corrected chi connectivity index (χ3v) is 3.49. The van der Waals surface area contributed by atoms with E-state index in [1.807, 2.05) is 0 Å². The van der Waals surface area contributed by atoms with Crippen LogP contribution in [-0.2, 0) is 0 Å². The fourth-order valence-corrected chi connectivity index (χ4v) is 2.86. The van der Waals surface area contributed by atoms with Crippen molar-refractivity contribution < 1.29 is 22.8 Å². The number of benzene rings is 2. The minimum absolute atomic E-state index is 0.0549. The van der Waals surface area contributed by atoms with E-state index in [9.17, 15) is 23.3 Å². The van der Waals surface area contributed by atoms with Gasteiger partial charge in [-0.15, -0.1) is 13.2 Å². The van der Waals surface area contributed by atoms with Crippen molar-refractivity contribution in [1.29, 1.82) is 0 Å². The van der Waals surface area contributed by atoms with Crippen molar-refractivity contribution in [2.75, 3.05) is 0 Å². The molecule has 0 radical (unpaired) electrons. The summed E-state index contributed by atoms with van der Waals surface area (Å²) in [5.41, 5.74) is -0.777. The lowest BCUT2D eigenvalue weighted by atomic mass is 10.0. The highest BCUT2D eigenvalue weighted by atomic mass is 35.5. The van der Waals surface area contributed by atoms with Crippen LogP contribution in [0.3, 0.4) is 0 Å². The summed E-state index contributed by atoms with van der Waals surface area (Å²) < 4.78 is 41.4. The maximum Gasteiger partial charge on any atom is 0.573 e. The Bertz CT molecular complexity index is 758. The van der Waals surface area contributed by atoms with Crippen LogP contribution < -0.4 is 4.74 Å². The second-order valence-electron chi connectivity index (χ2n) is 4.23. The average molecular weight is 387 g/mol. The molecule has 0 N–H and O–H groups in total. The monoisotopic (exact) mass is 385 g/mol. The predicted octanol–water partition coefficient (Wildman–Crippen LogP) is 6.12. The molecule has 2 rings (SSSR count). The highest BCUT2D eigenvalue weighted by Gasteiger charge is 2.33. The molecule has 0 fully saturated rings. The summed E-state index contributed by atoms with van der Waals surface area (Å²) in [7, 11) is 0. The van der Waals surface area contributed by atoms with Crippen LogP contribution in [0.5, 0.6) is 5.75 Å². The largest absolute Gasteiger partial charge is 0.573 e. The van der Waals surface area contributed by atoms with Crippen molar-refractivity contribution in [3.8, 4) is 16.9 Å². The molecule has 122 valence electrons.